The highest BCUT2D eigenvalue weighted by molar-refractivity contribution is 9.10. The molecule has 6 heteroatoms. The van der Waals surface area contributed by atoms with Crippen LogP contribution < -0.4 is 5.32 Å². The molecule has 0 saturated carbocycles. The lowest BCUT2D eigenvalue weighted by Crippen LogP contribution is -2.48. The fourth-order valence-electron chi connectivity index (χ4n) is 3.34. The van der Waals surface area contributed by atoms with Gasteiger partial charge in [0.1, 0.15) is 0 Å². The largest absolute Gasteiger partial charge is 0.339 e. The summed E-state index contributed by atoms with van der Waals surface area (Å²) in [5, 5.41) is 4.18. The van der Waals surface area contributed by atoms with Gasteiger partial charge in [0.05, 0.1) is 5.02 Å². The Bertz CT molecular complexity index is 528. The van der Waals surface area contributed by atoms with Gasteiger partial charge in [-0.05, 0) is 59.8 Å². The van der Waals surface area contributed by atoms with Crippen molar-refractivity contribution in [3.63, 3.8) is 0 Å². The van der Waals surface area contributed by atoms with Crippen LogP contribution in [0.25, 0.3) is 0 Å². The van der Waals surface area contributed by atoms with Gasteiger partial charge >= 0.3 is 0 Å². The van der Waals surface area contributed by atoms with Crippen LogP contribution in [0.5, 0.6) is 0 Å². The highest BCUT2D eigenvalue weighted by atomic mass is 79.9. The first-order valence-electron chi connectivity index (χ1n) is 7.03. The summed E-state index contributed by atoms with van der Waals surface area (Å²) in [5.74, 6) is 0.0608. The standard InChI is InChI=1S/C15H18BrClN2O.ClH/c1-19(12-7-10-3-4-11(8-12)18-10)15(20)9-2-5-13(16)14(17)6-9;/h2,5-6,10-12,18H,3-4,7-8H2,1H3;1H. The molecular weight excluding hydrogens is 375 g/mol. The molecular formula is C15H19BrCl2N2O. The van der Waals surface area contributed by atoms with Gasteiger partial charge in [-0.15, -0.1) is 12.4 Å². The van der Waals surface area contributed by atoms with Crippen LogP contribution in [0.3, 0.4) is 0 Å². The van der Waals surface area contributed by atoms with Gasteiger partial charge in [-0.25, -0.2) is 0 Å². The molecule has 0 aromatic heterocycles. The van der Waals surface area contributed by atoms with Crippen LogP contribution in [0.2, 0.25) is 5.02 Å². The van der Waals surface area contributed by atoms with Crippen molar-refractivity contribution >= 4 is 45.8 Å². The molecule has 1 aromatic rings. The second-order valence-corrected chi connectivity index (χ2v) is 7.07. The highest BCUT2D eigenvalue weighted by Gasteiger charge is 2.36. The number of carbonyl (C=O) groups excluding carboxylic acids is 1. The Labute approximate surface area is 144 Å². The molecule has 1 aromatic carbocycles. The zero-order chi connectivity index (χ0) is 14.3. The van der Waals surface area contributed by atoms with Crippen molar-refractivity contribution < 1.29 is 4.79 Å². The lowest BCUT2D eigenvalue weighted by atomic mass is 9.98. The Kier molecular flexibility index (Phi) is 5.58. The third-order valence-electron chi connectivity index (χ3n) is 4.48. The summed E-state index contributed by atoms with van der Waals surface area (Å²) in [4.78, 5) is 14.5. The van der Waals surface area contributed by atoms with Gasteiger partial charge in [0.25, 0.3) is 5.91 Å². The van der Waals surface area contributed by atoms with E-state index in [0.717, 1.165) is 17.3 Å². The summed E-state index contributed by atoms with van der Waals surface area (Å²) in [6.07, 6.45) is 4.60. The van der Waals surface area contributed by atoms with E-state index in [-0.39, 0.29) is 18.3 Å². The van der Waals surface area contributed by atoms with E-state index in [0.29, 0.717) is 28.7 Å². The molecule has 2 aliphatic heterocycles. The zero-order valence-corrected chi connectivity index (χ0v) is 15.0. The van der Waals surface area contributed by atoms with Crippen molar-refractivity contribution in [2.75, 3.05) is 7.05 Å². The molecule has 2 fully saturated rings. The molecule has 2 atom stereocenters. The molecule has 2 heterocycles. The number of amides is 1. The normalized spacial score (nSPS) is 27.1. The number of halogens is 3. The minimum Gasteiger partial charge on any atom is -0.339 e. The number of nitrogens with one attached hydrogen (secondary N) is 1. The molecule has 2 aliphatic rings. The first kappa shape index (κ1) is 17.1. The highest BCUT2D eigenvalue weighted by Crippen LogP contribution is 2.30. The maximum Gasteiger partial charge on any atom is 0.253 e. The number of carbonyl (C=O) groups is 1. The molecule has 0 aliphatic carbocycles. The molecule has 0 radical (unpaired) electrons. The maximum absolute atomic E-state index is 12.6. The number of nitrogens with zero attached hydrogens (tertiary/aromatic N) is 1. The van der Waals surface area contributed by atoms with Crippen LogP contribution in [0.4, 0.5) is 0 Å². The van der Waals surface area contributed by atoms with Crippen molar-refractivity contribution in [3.05, 3.63) is 33.3 Å². The lowest BCUT2D eigenvalue weighted by Gasteiger charge is -2.35. The number of benzene rings is 1. The molecule has 116 valence electrons. The summed E-state index contributed by atoms with van der Waals surface area (Å²) >= 11 is 9.43. The summed E-state index contributed by atoms with van der Waals surface area (Å²) in [6.45, 7) is 0. The molecule has 2 bridgehead atoms. The van der Waals surface area contributed by atoms with E-state index in [1.165, 1.54) is 12.8 Å². The second kappa shape index (κ2) is 6.86. The first-order valence-corrected chi connectivity index (χ1v) is 8.20. The Balaban J connectivity index is 0.00000161. The van der Waals surface area contributed by atoms with E-state index >= 15 is 0 Å². The molecule has 3 nitrogen and oxygen atoms in total. The van der Waals surface area contributed by atoms with E-state index in [4.69, 9.17) is 11.6 Å². The number of rotatable bonds is 2. The third kappa shape index (κ3) is 3.55. The molecule has 0 spiro atoms. The monoisotopic (exact) mass is 392 g/mol. The molecule has 2 saturated heterocycles. The van der Waals surface area contributed by atoms with Crippen molar-refractivity contribution in [2.45, 2.75) is 43.8 Å². The van der Waals surface area contributed by atoms with Crippen molar-refractivity contribution in [2.24, 2.45) is 0 Å². The van der Waals surface area contributed by atoms with Crippen LogP contribution in [-0.2, 0) is 0 Å². The predicted molar refractivity (Wildman–Crippen MR) is 91.5 cm³/mol. The fraction of sp³-hybridized carbons (Fsp3) is 0.533. The molecule has 2 unspecified atom stereocenters. The maximum atomic E-state index is 12.6. The minimum atomic E-state index is 0. The average molecular weight is 394 g/mol. The number of piperidine rings is 1. The fourth-order valence-corrected chi connectivity index (χ4v) is 3.77. The van der Waals surface area contributed by atoms with Gasteiger partial charge in [-0.1, -0.05) is 11.6 Å². The number of hydrogen-bond acceptors (Lipinski definition) is 2. The van der Waals surface area contributed by atoms with E-state index in [9.17, 15) is 4.79 Å². The summed E-state index contributed by atoms with van der Waals surface area (Å²) in [5.41, 5.74) is 0.659. The molecule has 3 rings (SSSR count). The van der Waals surface area contributed by atoms with E-state index in [1.807, 2.05) is 24.1 Å². The van der Waals surface area contributed by atoms with Crippen LogP contribution in [0.15, 0.2) is 22.7 Å². The Hall–Kier alpha value is -0.290. The number of fused-ring (bicyclic) bond motifs is 2. The SMILES string of the molecule is CN(C(=O)c1ccc(Br)c(Cl)c1)C1CC2CCC(C1)N2.Cl. The lowest BCUT2D eigenvalue weighted by molar-refractivity contribution is 0.0681. The van der Waals surface area contributed by atoms with E-state index in [1.54, 1.807) is 6.07 Å². The van der Waals surface area contributed by atoms with Crippen LogP contribution in [-0.4, -0.2) is 36.0 Å². The molecule has 1 amide bonds. The zero-order valence-electron chi connectivity index (χ0n) is 11.8. The Morgan fingerprint density at radius 1 is 1.33 bits per heavy atom. The van der Waals surface area contributed by atoms with Crippen molar-refractivity contribution in [3.8, 4) is 0 Å². The van der Waals surface area contributed by atoms with Gasteiger partial charge < -0.3 is 10.2 Å². The molecule has 1 N–H and O–H groups in total. The van der Waals surface area contributed by atoms with Crippen LogP contribution in [0.1, 0.15) is 36.0 Å². The van der Waals surface area contributed by atoms with Gasteiger partial charge in [-0.3, -0.25) is 4.79 Å². The number of hydrogen-bond donors (Lipinski definition) is 1. The Morgan fingerprint density at radius 2 is 1.95 bits per heavy atom. The summed E-state index contributed by atoms with van der Waals surface area (Å²) < 4.78 is 0.818. The summed E-state index contributed by atoms with van der Waals surface area (Å²) in [7, 11) is 1.91. The van der Waals surface area contributed by atoms with E-state index < -0.39 is 0 Å². The molecule has 21 heavy (non-hydrogen) atoms. The Morgan fingerprint density at radius 3 is 2.52 bits per heavy atom. The van der Waals surface area contributed by atoms with Gasteiger partial charge in [-0.2, -0.15) is 0 Å². The predicted octanol–water partition coefficient (Wildman–Crippen LogP) is 3.88. The quantitative estimate of drug-likeness (QED) is 0.826. The first-order chi connectivity index (χ1) is 9.54. The van der Waals surface area contributed by atoms with Gasteiger partial charge in [0.2, 0.25) is 0 Å². The third-order valence-corrected chi connectivity index (χ3v) is 5.72. The summed E-state index contributed by atoms with van der Waals surface area (Å²) in [6, 6.07) is 6.90. The minimum absolute atomic E-state index is 0. The van der Waals surface area contributed by atoms with Crippen LogP contribution >= 0.6 is 39.9 Å². The topological polar surface area (TPSA) is 32.3 Å². The average Bonchev–Trinajstić information content (AvgIpc) is 2.79. The van der Waals surface area contributed by atoms with Crippen molar-refractivity contribution in [1.29, 1.82) is 0 Å². The van der Waals surface area contributed by atoms with Crippen molar-refractivity contribution in [1.82, 2.24) is 10.2 Å². The second-order valence-electron chi connectivity index (χ2n) is 5.81. The smallest absolute Gasteiger partial charge is 0.253 e. The van der Waals surface area contributed by atoms with Crippen LogP contribution in [0, 0.1) is 0 Å². The van der Waals surface area contributed by atoms with E-state index in [2.05, 4.69) is 21.2 Å². The van der Waals surface area contributed by atoms with Gasteiger partial charge in [0.15, 0.2) is 0 Å². The van der Waals surface area contributed by atoms with Gasteiger partial charge in [0, 0.05) is 35.2 Å².